The van der Waals surface area contributed by atoms with E-state index in [1.807, 2.05) is 0 Å². The Hall–Kier alpha value is -2.16. The molecule has 100 valence electrons. The lowest BCUT2D eigenvalue weighted by Gasteiger charge is -2.19. The number of aromatic nitrogens is 2. The third-order valence-electron chi connectivity index (χ3n) is 3.28. The molecule has 1 N–H and O–H groups in total. The molecule has 2 rings (SSSR count). The third-order valence-corrected chi connectivity index (χ3v) is 3.28. The summed E-state index contributed by atoms with van der Waals surface area (Å²) >= 11 is 0. The first kappa shape index (κ1) is 13.3. The Balaban J connectivity index is 1.77. The van der Waals surface area contributed by atoms with Gasteiger partial charge in [-0.1, -0.05) is 0 Å². The van der Waals surface area contributed by atoms with E-state index in [4.69, 9.17) is 5.26 Å². The molecule has 0 aromatic carbocycles. The molecule has 0 spiro atoms. The molecule has 0 radical (unpaired) electrons. The highest BCUT2D eigenvalue weighted by atomic mass is 16.2. The van der Waals surface area contributed by atoms with Crippen LogP contribution < -0.4 is 0 Å². The first-order valence-corrected chi connectivity index (χ1v) is 6.38. The highest BCUT2D eigenvalue weighted by Crippen LogP contribution is 2.18. The summed E-state index contributed by atoms with van der Waals surface area (Å²) in [7, 11) is 0. The zero-order valence-corrected chi connectivity index (χ0v) is 10.6. The van der Waals surface area contributed by atoms with Gasteiger partial charge < -0.3 is 9.88 Å². The number of hydrogen-bond donors (Lipinski definition) is 1. The lowest BCUT2D eigenvalue weighted by molar-refractivity contribution is -0.133. The molecule has 6 heteroatoms. The van der Waals surface area contributed by atoms with Crippen molar-refractivity contribution in [3.63, 3.8) is 0 Å². The monoisotopic (exact) mass is 260 g/mol. The van der Waals surface area contributed by atoms with Crippen LogP contribution in [0.3, 0.4) is 0 Å². The number of carbonyl (C=O) groups is 2. The number of amides is 1. The molecule has 0 aliphatic carbocycles. The van der Waals surface area contributed by atoms with Gasteiger partial charge in [0.25, 0.3) is 0 Å². The first-order valence-electron chi connectivity index (χ1n) is 6.38. The van der Waals surface area contributed by atoms with Gasteiger partial charge >= 0.3 is 0 Å². The van der Waals surface area contributed by atoms with Crippen molar-refractivity contribution < 1.29 is 9.59 Å². The van der Waals surface area contributed by atoms with Crippen molar-refractivity contribution in [3.8, 4) is 6.07 Å². The van der Waals surface area contributed by atoms with E-state index in [0.29, 0.717) is 6.54 Å². The van der Waals surface area contributed by atoms with Crippen LogP contribution in [0.1, 0.15) is 31.4 Å². The molecule has 19 heavy (non-hydrogen) atoms. The van der Waals surface area contributed by atoms with Crippen LogP contribution in [-0.2, 0) is 16.0 Å². The number of nitrogens with one attached hydrogen (secondary N) is 1. The average Bonchev–Trinajstić information content (AvgIpc) is 3.06. The fraction of sp³-hybridized carbons (Fsp3) is 0.538. The summed E-state index contributed by atoms with van der Waals surface area (Å²) in [5.74, 6) is -0.0904. The van der Waals surface area contributed by atoms with Gasteiger partial charge in [0.2, 0.25) is 5.91 Å². The van der Waals surface area contributed by atoms with E-state index in [9.17, 15) is 9.59 Å². The molecule has 0 saturated carbocycles. The van der Waals surface area contributed by atoms with Crippen LogP contribution in [-0.4, -0.2) is 39.1 Å². The standard InChI is InChI=1S/C13H16N4O2/c14-7-11-2-1-5-17(11)13(19)4-3-12(18)6-10-8-15-9-16-10/h8-9,11H,1-6H2,(H,15,16)/t11-/m0/s1. The fourth-order valence-electron chi connectivity index (χ4n) is 2.27. The summed E-state index contributed by atoms with van der Waals surface area (Å²) in [6.45, 7) is 0.631. The van der Waals surface area contributed by atoms with Crippen LogP contribution in [0, 0.1) is 11.3 Å². The largest absolute Gasteiger partial charge is 0.348 e. The van der Waals surface area contributed by atoms with Crippen LogP contribution in [0.4, 0.5) is 0 Å². The number of carbonyl (C=O) groups excluding carboxylic acids is 2. The fourth-order valence-corrected chi connectivity index (χ4v) is 2.27. The molecule has 1 aliphatic rings. The van der Waals surface area contributed by atoms with Gasteiger partial charge in [-0.2, -0.15) is 5.26 Å². The van der Waals surface area contributed by atoms with Crippen LogP contribution in [0.2, 0.25) is 0 Å². The minimum atomic E-state index is -0.310. The Labute approximate surface area is 111 Å². The first-order chi connectivity index (χ1) is 9.20. The SMILES string of the molecule is N#C[C@@H]1CCCN1C(=O)CCC(=O)Cc1cnc[nH]1. The van der Waals surface area contributed by atoms with Gasteiger partial charge in [0, 0.05) is 37.7 Å². The molecular weight excluding hydrogens is 244 g/mol. The van der Waals surface area contributed by atoms with E-state index in [2.05, 4.69) is 16.0 Å². The second kappa shape index (κ2) is 6.14. The number of likely N-dealkylation sites (tertiary alicyclic amines) is 1. The summed E-state index contributed by atoms with van der Waals surface area (Å²) < 4.78 is 0. The number of nitriles is 1. The number of imidazole rings is 1. The summed E-state index contributed by atoms with van der Waals surface area (Å²) in [6.07, 6.45) is 5.41. The maximum Gasteiger partial charge on any atom is 0.224 e. The number of ketones is 1. The molecule has 6 nitrogen and oxygen atoms in total. The summed E-state index contributed by atoms with van der Waals surface area (Å²) in [5, 5.41) is 8.91. The van der Waals surface area contributed by atoms with Gasteiger partial charge in [-0.25, -0.2) is 4.98 Å². The average molecular weight is 260 g/mol. The zero-order chi connectivity index (χ0) is 13.7. The van der Waals surface area contributed by atoms with Gasteiger partial charge in [-0.3, -0.25) is 9.59 Å². The molecule has 0 unspecified atom stereocenters. The van der Waals surface area contributed by atoms with E-state index in [0.717, 1.165) is 18.5 Å². The van der Waals surface area contributed by atoms with E-state index in [1.54, 1.807) is 11.1 Å². The summed E-state index contributed by atoms with van der Waals surface area (Å²) in [4.78, 5) is 31.9. The smallest absolute Gasteiger partial charge is 0.224 e. The molecule has 1 amide bonds. The van der Waals surface area contributed by atoms with Crippen molar-refractivity contribution in [3.05, 3.63) is 18.2 Å². The molecule has 1 aliphatic heterocycles. The minimum Gasteiger partial charge on any atom is -0.348 e. The van der Waals surface area contributed by atoms with Crippen LogP contribution >= 0.6 is 0 Å². The quantitative estimate of drug-likeness (QED) is 0.848. The highest BCUT2D eigenvalue weighted by molar-refractivity contribution is 5.86. The van der Waals surface area contributed by atoms with Crippen LogP contribution in [0.5, 0.6) is 0 Å². The van der Waals surface area contributed by atoms with Gasteiger partial charge in [0.05, 0.1) is 12.4 Å². The molecule has 2 heterocycles. The second-order valence-corrected chi connectivity index (χ2v) is 4.67. The van der Waals surface area contributed by atoms with Gasteiger partial charge in [-0.05, 0) is 12.8 Å². The van der Waals surface area contributed by atoms with Crippen molar-refractivity contribution in [2.24, 2.45) is 0 Å². The second-order valence-electron chi connectivity index (χ2n) is 4.67. The highest BCUT2D eigenvalue weighted by Gasteiger charge is 2.28. The summed E-state index contributed by atoms with van der Waals surface area (Å²) in [6, 6.07) is 1.82. The molecule has 1 aromatic rings. The Morgan fingerprint density at radius 3 is 3.05 bits per heavy atom. The van der Waals surface area contributed by atoms with E-state index < -0.39 is 0 Å². The molecule has 1 saturated heterocycles. The normalized spacial score (nSPS) is 18.3. The third kappa shape index (κ3) is 3.41. The van der Waals surface area contributed by atoms with E-state index in [-0.39, 0.29) is 37.0 Å². The minimum absolute atomic E-state index is 0.00491. The Kier molecular flexibility index (Phi) is 4.29. The Morgan fingerprint density at radius 2 is 2.37 bits per heavy atom. The predicted molar refractivity (Wildman–Crippen MR) is 66.9 cm³/mol. The lowest BCUT2D eigenvalue weighted by Crippen LogP contribution is -2.34. The van der Waals surface area contributed by atoms with E-state index >= 15 is 0 Å². The molecule has 1 atom stereocenters. The molecular formula is C13H16N4O2. The zero-order valence-electron chi connectivity index (χ0n) is 10.6. The van der Waals surface area contributed by atoms with Crippen molar-refractivity contribution >= 4 is 11.7 Å². The van der Waals surface area contributed by atoms with Crippen LogP contribution in [0.25, 0.3) is 0 Å². The predicted octanol–water partition coefficient (Wildman–Crippen LogP) is 0.816. The van der Waals surface area contributed by atoms with Crippen molar-refractivity contribution in [2.45, 2.75) is 38.1 Å². The van der Waals surface area contributed by atoms with Crippen molar-refractivity contribution in [1.29, 1.82) is 5.26 Å². The van der Waals surface area contributed by atoms with E-state index in [1.165, 1.54) is 6.33 Å². The molecule has 1 fully saturated rings. The number of H-pyrrole nitrogens is 1. The number of aromatic amines is 1. The van der Waals surface area contributed by atoms with Crippen molar-refractivity contribution in [1.82, 2.24) is 14.9 Å². The number of rotatable bonds is 5. The molecule has 0 bridgehead atoms. The van der Waals surface area contributed by atoms with Crippen LogP contribution in [0.15, 0.2) is 12.5 Å². The Bertz CT molecular complexity index is 489. The van der Waals surface area contributed by atoms with Crippen molar-refractivity contribution in [2.75, 3.05) is 6.54 Å². The van der Waals surface area contributed by atoms with Gasteiger partial charge in [-0.15, -0.1) is 0 Å². The Morgan fingerprint density at radius 1 is 1.53 bits per heavy atom. The topological polar surface area (TPSA) is 89.8 Å². The lowest BCUT2D eigenvalue weighted by atomic mass is 10.1. The van der Waals surface area contributed by atoms with Gasteiger partial charge in [0.15, 0.2) is 0 Å². The number of nitrogens with zero attached hydrogens (tertiary/aromatic N) is 3. The molecule has 1 aromatic heterocycles. The van der Waals surface area contributed by atoms with Gasteiger partial charge in [0.1, 0.15) is 11.8 Å². The maximum atomic E-state index is 11.9. The number of hydrogen-bond acceptors (Lipinski definition) is 4. The maximum absolute atomic E-state index is 11.9. The number of Topliss-reactive ketones (excluding diaryl/α,β-unsaturated/α-hetero) is 1. The summed E-state index contributed by atoms with van der Waals surface area (Å²) in [5.41, 5.74) is 0.758.